The SMILES string of the molecule is Cn1cnc(CNC(=O)c2cnc(OC3CCCCC3)c(Cl)c2)n1. The first-order valence-electron chi connectivity index (χ1n) is 8.07. The lowest BCUT2D eigenvalue weighted by molar-refractivity contribution is 0.0949. The zero-order chi connectivity index (χ0) is 16.9. The molecule has 0 atom stereocenters. The Morgan fingerprint density at radius 1 is 1.38 bits per heavy atom. The molecule has 1 aliphatic carbocycles. The van der Waals surface area contributed by atoms with E-state index in [4.69, 9.17) is 16.3 Å². The minimum Gasteiger partial charge on any atom is -0.473 e. The normalized spacial score (nSPS) is 15.2. The van der Waals surface area contributed by atoms with Crippen molar-refractivity contribution in [2.75, 3.05) is 0 Å². The molecule has 128 valence electrons. The van der Waals surface area contributed by atoms with Gasteiger partial charge in [-0.25, -0.2) is 9.97 Å². The van der Waals surface area contributed by atoms with Crippen molar-refractivity contribution in [3.05, 3.63) is 35.0 Å². The van der Waals surface area contributed by atoms with Crippen molar-refractivity contribution in [1.29, 1.82) is 0 Å². The molecule has 1 N–H and O–H groups in total. The van der Waals surface area contributed by atoms with Gasteiger partial charge in [-0.15, -0.1) is 0 Å². The van der Waals surface area contributed by atoms with E-state index in [2.05, 4.69) is 20.4 Å². The van der Waals surface area contributed by atoms with Gasteiger partial charge in [-0.05, 0) is 31.7 Å². The van der Waals surface area contributed by atoms with Gasteiger partial charge < -0.3 is 10.1 Å². The Morgan fingerprint density at radius 2 is 2.17 bits per heavy atom. The molecule has 1 aliphatic rings. The fourth-order valence-corrected chi connectivity index (χ4v) is 2.91. The summed E-state index contributed by atoms with van der Waals surface area (Å²) in [6.07, 6.45) is 8.87. The van der Waals surface area contributed by atoms with Crippen molar-refractivity contribution in [3.8, 4) is 5.88 Å². The van der Waals surface area contributed by atoms with Gasteiger partial charge in [0.25, 0.3) is 5.91 Å². The Labute approximate surface area is 145 Å². The maximum Gasteiger partial charge on any atom is 0.253 e. The minimum atomic E-state index is -0.277. The third-order valence-corrected chi connectivity index (χ3v) is 4.22. The number of aryl methyl sites for hydroxylation is 1. The first-order chi connectivity index (χ1) is 11.6. The highest BCUT2D eigenvalue weighted by Gasteiger charge is 2.18. The molecule has 2 aromatic heterocycles. The van der Waals surface area contributed by atoms with E-state index in [0.29, 0.717) is 22.3 Å². The molecule has 0 aromatic carbocycles. The predicted molar refractivity (Wildman–Crippen MR) is 88.9 cm³/mol. The van der Waals surface area contributed by atoms with Crippen LogP contribution in [0.15, 0.2) is 18.6 Å². The van der Waals surface area contributed by atoms with Crippen LogP contribution in [0.1, 0.15) is 48.3 Å². The number of carbonyl (C=O) groups excluding carboxylic acids is 1. The van der Waals surface area contributed by atoms with Gasteiger partial charge in [-0.1, -0.05) is 18.0 Å². The van der Waals surface area contributed by atoms with Crippen LogP contribution < -0.4 is 10.1 Å². The second-order valence-corrected chi connectivity index (χ2v) is 6.31. The Balaban J connectivity index is 1.59. The number of nitrogens with zero attached hydrogens (tertiary/aromatic N) is 4. The van der Waals surface area contributed by atoms with Gasteiger partial charge in [0, 0.05) is 13.2 Å². The number of hydrogen-bond acceptors (Lipinski definition) is 5. The van der Waals surface area contributed by atoms with Crippen LogP contribution in [0.2, 0.25) is 5.02 Å². The first-order valence-corrected chi connectivity index (χ1v) is 8.44. The van der Waals surface area contributed by atoms with Crippen molar-refractivity contribution < 1.29 is 9.53 Å². The van der Waals surface area contributed by atoms with Crippen LogP contribution in [0, 0.1) is 0 Å². The summed E-state index contributed by atoms with van der Waals surface area (Å²) in [6.45, 7) is 0.248. The highest BCUT2D eigenvalue weighted by molar-refractivity contribution is 6.32. The Kier molecular flexibility index (Phi) is 5.30. The van der Waals surface area contributed by atoms with Gasteiger partial charge >= 0.3 is 0 Å². The number of hydrogen-bond donors (Lipinski definition) is 1. The predicted octanol–water partition coefficient (Wildman–Crippen LogP) is 2.50. The second-order valence-electron chi connectivity index (χ2n) is 5.91. The highest BCUT2D eigenvalue weighted by atomic mass is 35.5. The van der Waals surface area contributed by atoms with Crippen molar-refractivity contribution in [2.45, 2.75) is 44.8 Å². The average molecular weight is 350 g/mol. The molecule has 1 saturated carbocycles. The van der Waals surface area contributed by atoms with Crippen molar-refractivity contribution in [1.82, 2.24) is 25.1 Å². The number of ether oxygens (including phenoxy) is 1. The summed E-state index contributed by atoms with van der Waals surface area (Å²) in [4.78, 5) is 20.4. The summed E-state index contributed by atoms with van der Waals surface area (Å²) >= 11 is 6.22. The molecule has 3 rings (SSSR count). The Bertz CT molecular complexity index is 712. The van der Waals surface area contributed by atoms with Crippen LogP contribution in [-0.4, -0.2) is 31.8 Å². The molecule has 0 radical (unpaired) electrons. The molecule has 1 amide bonds. The largest absolute Gasteiger partial charge is 0.473 e. The molecule has 0 unspecified atom stereocenters. The molecule has 0 spiro atoms. The van der Waals surface area contributed by atoms with Crippen LogP contribution in [0.4, 0.5) is 0 Å². The minimum absolute atomic E-state index is 0.165. The maximum atomic E-state index is 12.2. The number of rotatable bonds is 5. The molecule has 0 aliphatic heterocycles. The highest BCUT2D eigenvalue weighted by Crippen LogP contribution is 2.27. The van der Waals surface area contributed by atoms with Crippen molar-refractivity contribution >= 4 is 17.5 Å². The molecule has 2 aromatic rings. The molecule has 8 heteroatoms. The van der Waals surface area contributed by atoms with Gasteiger partial charge in [0.05, 0.1) is 12.1 Å². The standard InChI is InChI=1S/C16H20ClN5O2/c1-22-10-20-14(21-22)9-18-15(23)11-7-13(17)16(19-8-11)24-12-5-3-2-4-6-12/h7-8,10,12H,2-6,9H2,1H3,(H,18,23). The van der Waals surface area contributed by atoms with Gasteiger partial charge in [-0.2, -0.15) is 5.10 Å². The lowest BCUT2D eigenvalue weighted by Gasteiger charge is -2.22. The smallest absolute Gasteiger partial charge is 0.253 e. The fraction of sp³-hybridized carbons (Fsp3) is 0.500. The summed E-state index contributed by atoms with van der Waals surface area (Å²) < 4.78 is 7.44. The Morgan fingerprint density at radius 3 is 2.83 bits per heavy atom. The van der Waals surface area contributed by atoms with Crippen LogP contribution >= 0.6 is 11.6 Å². The van der Waals surface area contributed by atoms with Crippen molar-refractivity contribution in [2.24, 2.45) is 7.05 Å². The molecule has 7 nitrogen and oxygen atoms in total. The lowest BCUT2D eigenvalue weighted by Crippen LogP contribution is -2.24. The van der Waals surface area contributed by atoms with E-state index in [1.807, 2.05) is 0 Å². The van der Waals surface area contributed by atoms with E-state index >= 15 is 0 Å². The van der Waals surface area contributed by atoms with Crippen LogP contribution in [0.3, 0.4) is 0 Å². The zero-order valence-corrected chi connectivity index (χ0v) is 14.3. The first kappa shape index (κ1) is 16.7. The quantitative estimate of drug-likeness (QED) is 0.896. The third kappa shape index (κ3) is 4.23. The zero-order valence-electron chi connectivity index (χ0n) is 13.5. The van der Waals surface area contributed by atoms with Gasteiger partial charge in [0.15, 0.2) is 5.82 Å². The number of aromatic nitrogens is 4. The number of nitrogens with one attached hydrogen (secondary N) is 1. The molecule has 24 heavy (non-hydrogen) atoms. The molecule has 2 heterocycles. The summed E-state index contributed by atoms with van der Waals surface area (Å²) in [5.41, 5.74) is 0.381. The van der Waals surface area contributed by atoms with E-state index < -0.39 is 0 Å². The number of carbonyl (C=O) groups is 1. The number of pyridine rings is 1. The fourth-order valence-electron chi connectivity index (χ4n) is 2.70. The summed E-state index contributed by atoms with van der Waals surface area (Å²) in [5.74, 6) is 0.662. The molecular formula is C16H20ClN5O2. The van der Waals surface area contributed by atoms with E-state index in [9.17, 15) is 4.79 Å². The topological polar surface area (TPSA) is 81.9 Å². The molecular weight excluding hydrogens is 330 g/mol. The Hall–Kier alpha value is -2.15. The maximum absolute atomic E-state index is 12.2. The van der Waals surface area contributed by atoms with E-state index in [1.165, 1.54) is 25.5 Å². The van der Waals surface area contributed by atoms with Crippen LogP contribution in [0.5, 0.6) is 5.88 Å². The number of amides is 1. The van der Waals surface area contributed by atoms with Gasteiger partial charge in [-0.3, -0.25) is 9.48 Å². The molecule has 0 bridgehead atoms. The van der Waals surface area contributed by atoms with Gasteiger partial charge in [0.1, 0.15) is 17.5 Å². The number of halogens is 1. The van der Waals surface area contributed by atoms with Crippen LogP contribution in [0.25, 0.3) is 0 Å². The molecule has 0 saturated heterocycles. The lowest BCUT2D eigenvalue weighted by atomic mass is 9.98. The summed E-state index contributed by atoms with van der Waals surface area (Å²) in [7, 11) is 1.77. The van der Waals surface area contributed by atoms with E-state index in [0.717, 1.165) is 12.8 Å². The monoisotopic (exact) mass is 349 g/mol. The molecule has 1 fully saturated rings. The summed E-state index contributed by atoms with van der Waals surface area (Å²) in [5, 5.41) is 7.19. The van der Waals surface area contributed by atoms with E-state index in [1.54, 1.807) is 24.1 Å². The van der Waals surface area contributed by atoms with Crippen LogP contribution in [-0.2, 0) is 13.6 Å². The second kappa shape index (κ2) is 7.61. The van der Waals surface area contributed by atoms with E-state index in [-0.39, 0.29) is 18.6 Å². The summed E-state index contributed by atoms with van der Waals surface area (Å²) in [6, 6.07) is 1.58. The average Bonchev–Trinajstić information content (AvgIpc) is 3.01. The van der Waals surface area contributed by atoms with Crippen molar-refractivity contribution in [3.63, 3.8) is 0 Å². The third-order valence-electron chi connectivity index (χ3n) is 3.95. The van der Waals surface area contributed by atoms with Gasteiger partial charge in [0.2, 0.25) is 5.88 Å².